The molecule has 0 aliphatic rings. The number of aryl methyl sites for hydroxylation is 1. The Morgan fingerprint density at radius 1 is 1.32 bits per heavy atom. The van der Waals surface area contributed by atoms with Gasteiger partial charge in [0.15, 0.2) is 0 Å². The number of hydrogen-bond acceptors (Lipinski definition) is 4. The smallest absolute Gasteiger partial charge is 0.335 e. The van der Waals surface area contributed by atoms with E-state index in [1.54, 1.807) is 19.9 Å². The number of nitrogens with zero attached hydrogens (tertiary/aromatic N) is 1. The van der Waals surface area contributed by atoms with E-state index in [1.165, 1.54) is 36.0 Å². The minimum Gasteiger partial charge on any atom is -0.478 e. The van der Waals surface area contributed by atoms with E-state index in [2.05, 4.69) is 0 Å². The average Bonchev–Trinajstić information content (AvgIpc) is 2.93. The van der Waals surface area contributed by atoms with Gasteiger partial charge in [0.2, 0.25) is 10.0 Å². The molecule has 0 fully saturated rings. The highest BCUT2D eigenvalue weighted by Crippen LogP contribution is 2.25. The van der Waals surface area contributed by atoms with Gasteiger partial charge in [-0.3, -0.25) is 0 Å². The molecule has 2 aromatic rings. The van der Waals surface area contributed by atoms with Crippen molar-refractivity contribution in [3.8, 4) is 0 Å². The van der Waals surface area contributed by atoms with Crippen LogP contribution in [0.2, 0.25) is 0 Å². The summed E-state index contributed by atoms with van der Waals surface area (Å²) in [5.41, 5.74) is 1.84. The first-order chi connectivity index (χ1) is 10.2. The van der Waals surface area contributed by atoms with Crippen molar-refractivity contribution in [3.05, 3.63) is 53.0 Å². The van der Waals surface area contributed by atoms with E-state index >= 15 is 0 Å². The molecule has 0 saturated carbocycles. The van der Waals surface area contributed by atoms with Crippen LogP contribution >= 0.6 is 0 Å². The molecule has 0 bridgehead atoms. The molecule has 0 aliphatic carbocycles. The molecular formula is C15H17NO5S. The van der Waals surface area contributed by atoms with E-state index in [1.807, 2.05) is 0 Å². The number of aromatic carboxylic acids is 1. The number of carbonyl (C=O) groups is 1. The van der Waals surface area contributed by atoms with Crippen LogP contribution in [0.25, 0.3) is 0 Å². The topological polar surface area (TPSA) is 87.8 Å². The van der Waals surface area contributed by atoms with Crippen LogP contribution in [0.1, 0.15) is 27.0 Å². The molecule has 2 rings (SSSR count). The molecule has 118 valence electrons. The normalized spacial score (nSPS) is 11.8. The average molecular weight is 323 g/mol. The van der Waals surface area contributed by atoms with Gasteiger partial charge in [-0.05, 0) is 43.2 Å². The zero-order valence-corrected chi connectivity index (χ0v) is 13.3. The molecule has 0 amide bonds. The van der Waals surface area contributed by atoms with Crippen LogP contribution in [-0.4, -0.2) is 30.8 Å². The van der Waals surface area contributed by atoms with Gasteiger partial charge in [-0.15, -0.1) is 0 Å². The number of hydrogen-bond donors (Lipinski definition) is 1. The van der Waals surface area contributed by atoms with Gasteiger partial charge in [0.05, 0.1) is 23.0 Å². The number of sulfonamides is 1. The summed E-state index contributed by atoms with van der Waals surface area (Å²) in [5, 5.41) is 9.12. The number of furan rings is 1. The lowest BCUT2D eigenvalue weighted by atomic mass is 10.1. The van der Waals surface area contributed by atoms with E-state index in [4.69, 9.17) is 9.52 Å². The first-order valence-corrected chi connectivity index (χ1v) is 7.99. The van der Waals surface area contributed by atoms with Crippen LogP contribution in [0.3, 0.4) is 0 Å². The first kappa shape index (κ1) is 16.3. The fraction of sp³-hybridized carbons (Fsp3) is 0.267. The molecular weight excluding hydrogens is 306 g/mol. The summed E-state index contributed by atoms with van der Waals surface area (Å²) in [5.74, 6) is -1.16. The number of carboxylic acid groups (broad SMARTS) is 1. The lowest BCUT2D eigenvalue weighted by molar-refractivity contribution is 0.0696. The van der Waals surface area contributed by atoms with Crippen molar-refractivity contribution in [1.29, 1.82) is 0 Å². The summed E-state index contributed by atoms with van der Waals surface area (Å²) in [6, 6.07) is 4.34. The van der Waals surface area contributed by atoms with E-state index in [0.717, 1.165) is 5.56 Å². The predicted molar refractivity (Wildman–Crippen MR) is 80.2 cm³/mol. The van der Waals surface area contributed by atoms with Crippen molar-refractivity contribution in [3.63, 3.8) is 0 Å². The quantitative estimate of drug-likeness (QED) is 0.913. The van der Waals surface area contributed by atoms with Crippen LogP contribution in [0.15, 0.2) is 40.0 Å². The van der Waals surface area contributed by atoms with E-state index in [-0.39, 0.29) is 17.0 Å². The van der Waals surface area contributed by atoms with Crippen molar-refractivity contribution in [2.45, 2.75) is 25.3 Å². The second kappa shape index (κ2) is 5.94. The molecule has 0 unspecified atom stereocenters. The van der Waals surface area contributed by atoms with Crippen LogP contribution in [0.5, 0.6) is 0 Å². The molecule has 0 aliphatic heterocycles. The van der Waals surface area contributed by atoms with E-state index < -0.39 is 16.0 Å². The minimum atomic E-state index is -3.80. The Morgan fingerprint density at radius 2 is 2.00 bits per heavy atom. The Morgan fingerprint density at radius 3 is 2.55 bits per heavy atom. The third-order valence-electron chi connectivity index (χ3n) is 3.54. The summed E-state index contributed by atoms with van der Waals surface area (Å²) < 4.78 is 31.5. The van der Waals surface area contributed by atoms with Gasteiger partial charge in [-0.2, -0.15) is 4.31 Å². The number of benzene rings is 1. The highest BCUT2D eigenvalue weighted by atomic mass is 32.2. The molecule has 1 aromatic heterocycles. The summed E-state index contributed by atoms with van der Waals surface area (Å²) in [4.78, 5) is 11.2. The molecule has 0 saturated heterocycles. The fourth-order valence-electron chi connectivity index (χ4n) is 2.11. The lowest BCUT2D eigenvalue weighted by Gasteiger charge is -2.19. The second-order valence-corrected chi connectivity index (χ2v) is 7.13. The molecule has 0 spiro atoms. The molecule has 6 nitrogen and oxygen atoms in total. The van der Waals surface area contributed by atoms with Gasteiger partial charge in [-0.25, -0.2) is 13.2 Å². The Kier molecular flexibility index (Phi) is 4.39. The van der Waals surface area contributed by atoms with Crippen molar-refractivity contribution in [2.24, 2.45) is 0 Å². The maximum atomic E-state index is 12.7. The van der Waals surface area contributed by atoms with Gasteiger partial charge in [-0.1, -0.05) is 0 Å². The van der Waals surface area contributed by atoms with Gasteiger partial charge in [0, 0.05) is 19.2 Å². The third-order valence-corrected chi connectivity index (χ3v) is 5.47. The molecule has 0 atom stereocenters. The van der Waals surface area contributed by atoms with Gasteiger partial charge < -0.3 is 9.52 Å². The van der Waals surface area contributed by atoms with Crippen LogP contribution in [0.4, 0.5) is 0 Å². The monoisotopic (exact) mass is 323 g/mol. The SMILES string of the molecule is Cc1cc(C(=O)O)cc(S(=O)(=O)N(C)Cc2ccoc2)c1C. The molecule has 22 heavy (non-hydrogen) atoms. The molecule has 0 radical (unpaired) electrons. The number of rotatable bonds is 5. The molecule has 1 N–H and O–H groups in total. The summed E-state index contributed by atoms with van der Waals surface area (Å²) >= 11 is 0. The largest absolute Gasteiger partial charge is 0.478 e. The first-order valence-electron chi connectivity index (χ1n) is 6.55. The highest BCUT2D eigenvalue weighted by molar-refractivity contribution is 7.89. The Labute approximate surface area is 129 Å². The third kappa shape index (κ3) is 3.05. The van der Waals surface area contributed by atoms with Crippen molar-refractivity contribution in [1.82, 2.24) is 4.31 Å². The van der Waals surface area contributed by atoms with Crippen molar-refractivity contribution >= 4 is 16.0 Å². The predicted octanol–water partition coefficient (Wildman–Crippen LogP) is 2.42. The maximum Gasteiger partial charge on any atom is 0.335 e. The number of carboxylic acids is 1. The Hall–Kier alpha value is -2.12. The summed E-state index contributed by atoms with van der Waals surface area (Å²) in [6.45, 7) is 3.50. The van der Waals surface area contributed by atoms with E-state index in [9.17, 15) is 13.2 Å². The lowest BCUT2D eigenvalue weighted by Crippen LogP contribution is -2.27. The Bertz CT molecular complexity index is 794. The van der Waals surface area contributed by atoms with Gasteiger partial charge >= 0.3 is 5.97 Å². The minimum absolute atomic E-state index is 0.0101. The maximum absolute atomic E-state index is 12.7. The zero-order chi connectivity index (χ0) is 16.5. The van der Waals surface area contributed by atoms with Crippen molar-refractivity contribution in [2.75, 3.05) is 7.05 Å². The van der Waals surface area contributed by atoms with Crippen LogP contribution in [0, 0.1) is 13.8 Å². The van der Waals surface area contributed by atoms with Crippen LogP contribution in [-0.2, 0) is 16.6 Å². The standard InChI is InChI=1S/C15H17NO5S/c1-10-6-13(15(17)18)7-14(11(10)2)22(19,20)16(3)8-12-4-5-21-9-12/h4-7,9H,8H2,1-3H3,(H,17,18). The fourth-order valence-corrected chi connectivity index (χ4v) is 3.59. The van der Waals surface area contributed by atoms with Crippen molar-refractivity contribution < 1.29 is 22.7 Å². The summed E-state index contributed by atoms with van der Waals surface area (Å²) in [6.07, 6.45) is 2.94. The highest BCUT2D eigenvalue weighted by Gasteiger charge is 2.25. The van der Waals surface area contributed by atoms with Gasteiger partial charge in [0.1, 0.15) is 0 Å². The Balaban J connectivity index is 2.46. The zero-order valence-electron chi connectivity index (χ0n) is 12.5. The van der Waals surface area contributed by atoms with Crippen LogP contribution < -0.4 is 0 Å². The molecule has 1 aromatic carbocycles. The second-order valence-electron chi connectivity index (χ2n) is 5.11. The molecule has 1 heterocycles. The van der Waals surface area contributed by atoms with Gasteiger partial charge in [0.25, 0.3) is 0 Å². The molecule has 7 heteroatoms. The van der Waals surface area contributed by atoms with E-state index in [0.29, 0.717) is 11.1 Å². The summed E-state index contributed by atoms with van der Waals surface area (Å²) in [7, 11) is -2.35.